The molecule has 1 aromatic rings. The van der Waals surface area contributed by atoms with E-state index in [0.717, 1.165) is 42.2 Å². The van der Waals surface area contributed by atoms with E-state index in [9.17, 15) is 4.39 Å². The van der Waals surface area contributed by atoms with E-state index < -0.39 is 0 Å². The molecule has 2 saturated carbocycles. The fourth-order valence-electron chi connectivity index (χ4n) is 3.88. The molecular weight excluding hydrogens is 299 g/mol. The summed E-state index contributed by atoms with van der Waals surface area (Å²) in [7, 11) is 0. The van der Waals surface area contributed by atoms with E-state index in [0.29, 0.717) is 12.4 Å². The SMILES string of the molecule is Cc1c(CC/C=C/C2CCC2)ccc(OCCC2CCCC2)c1F. The van der Waals surface area contributed by atoms with Crippen LogP contribution in [0.1, 0.15) is 68.9 Å². The van der Waals surface area contributed by atoms with Crippen LogP contribution in [0.3, 0.4) is 0 Å². The molecule has 1 aromatic carbocycles. The van der Waals surface area contributed by atoms with Gasteiger partial charge in [0.1, 0.15) is 0 Å². The number of aryl methyl sites for hydroxylation is 1. The number of rotatable bonds is 8. The number of allylic oxidation sites excluding steroid dienone is 2. The Morgan fingerprint density at radius 2 is 1.92 bits per heavy atom. The van der Waals surface area contributed by atoms with Crippen LogP contribution in [0.4, 0.5) is 4.39 Å². The quantitative estimate of drug-likeness (QED) is 0.502. The number of hydrogen-bond donors (Lipinski definition) is 0. The van der Waals surface area contributed by atoms with Crippen molar-refractivity contribution in [3.8, 4) is 5.75 Å². The van der Waals surface area contributed by atoms with Crippen LogP contribution in [0.15, 0.2) is 24.3 Å². The zero-order valence-corrected chi connectivity index (χ0v) is 15.0. The number of halogens is 1. The Hall–Kier alpha value is -1.31. The van der Waals surface area contributed by atoms with Gasteiger partial charge in [-0.2, -0.15) is 0 Å². The summed E-state index contributed by atoms with van der Waals surface area (Å²) in [5, 5.41) is 0. The fraction of sp³-hybridized carbons (Fsp3) is 0.636. The van der Waals surface area contributed by atoms with Gasteiger partial charge in [0.2, 0.25) is 0 Å². The third-order valence-electron chi connectivity index (χ3n) is 5.86. The second-order valence-corrected chi connectivity index (χ2v) is 7.61. The predicted molar refractivity (Wildman–Crippen MR) is 98.0 cm³/mol. The Morgan fingerprint density at radius 1 is 1.12 bits per heavy atom. The van der Waals surface area contributed by atoms with Crippen molar-refractivity contribution in [1.29, 1.82) is 0 Å². The van der Waals surface area contributed by atoms with E-state index in [4.69, 9.17) is 4.74 Å². The second kappa shape index (κ2) is 8.69. The van der Waals surface area contributed by atoms with Crippen molar-refractivity contribution >= 4 is 0 Å². The van der Waals surface area contributed by atoms with Crippen LogP contribution in [-0.2, 0) is 6.42 Å². The minimum Gasteiger partial charge on any atom is -0.490 e. The maximum Gasteiger partial charge on any atom is 0.168 e. The molecule has 0 aromatic heterocycles. The first-order valence-electron chi connectivity index (χ1n) is 9.81. The summed E-state index contributed by atoms with van der Waals surface area (Å²) in [6, 6.07) is 3.86. The highest BCUT2D eigenvalue weighted by Crippen LogP contribution is 2.29. The monoisotopic (exact) mass is 330 g/mol. The van der Waals surface area contributed by atoms with E-state index >= 15 is 0 Å². The highest BCUT2D eigenvalue weighted by Gasteiger charge is 2.16. The van der Waals surface area contributed by atoms with E-state index in [2.05, 4.69) is 12.2 Å². The summed E-state index contributed by atoms with van der Waals surface area (Å²) in [5.74, 6) is 1.86. The molecule has 2 aliphatic carbocycles. The number of benzene rings is 1. The molecule has 1 nitrogen and oxygen atoms in total. The van der Waals surface area contributed by atoms with Crippen LogP contribution in [0.5, 0.6) is 5.75 Å². The zero-order chi connectivity index (χ0) is 16.8. The molecule has 0 amide bonds. The van der Waals surface area contributed by atoms with Gasteiger partial charge in [0.15, 0.2) is 11.6 Å². The molecule has 132 valence electrons. The molecule has 0 heterocycles. The van der Waals surface area contributed by atoms with Crippen molar-refractivity contribution in [1.82, 2.24) is 0 Å². The molecular formula is C22H31FO. The predicted octanol–water partition coefficient (Wildman–Crippen LogP) is 6.38. The number of hydrogen-bond acceptors (Lipinski definition) is 1. The Morgan fingerprint density at radius 3 is 2.62 bits per heavy atom. The Bertz CT molecular complexity index is 553. The molecule has 0 unspecified atom stereocenters. The normalized spacial score (nSPS) is 19.1. The van der Waals surface area contributed by atoms with Gasteiger partial charge in [-0.1, -0.05) is 50.3 Å². The van der Waals surface area contributed by atoms with E-state index in [-0.39, 0.29) is 5.82 Å². The van der Waals surface area contributed by atoms with E-state index in [1.807, 2.05) is 19.1 Å². The van der Waals surface area contributed by atoms with Crippen LogP contribution in [0, 0.1) is 24.6 Å². The lowest BCUT2D eigenvalue weighted by Crippen LogP contribution is -2.07. The van der Waals surface area contributed by atoms with Gasteiger partial charge in [-0.3, -0.25) is 0 Å². The summed E-state index contributed by atoms with van der Waals surface area (Å²) >= 11 is 0. The molecule has 24 heavy (non-hydrogen) atoms. The minimum atomic E-state index is -0.165. The molecule has 0 aliphatic heterocycles. The molecule has 0 atom stereocenters. The lowest BCUT2D eigenvalue weighted by atomic mass is 9.85. The van der Waals surface area contributed by atoms with Gasteiger partial charge in [-0.05, 0) is 68.1 Å². The van der Waals surface area contributed by atoms with Gasteiger partial charge < -0.3 is 4.74 Å². The topological polar surface area (TPSA) is 9.23 Å². The highest BCUT2D eigenvalue weighted by molar-refractivity contribution is 5.37. The Kier molecular flexibility index (Phi) is 6.34. The van der Waals surface area contributed by atoms with Crippen molar-refractivity contribution in [2.24, 2.45) is 11.8 Å². The first-order chi connectivity index (χ1) is 11.7. The summed E-state index contributed by atoms with van der Waals surface area (Å²) in [4.78, 5) is 0. The molecule has 3 rings (SSSR count). The maximum absolute atomic E-state index is 14.5. The summed E-state index contributed by atoms with van der Waals surface area (Å²) < 4.78 is 20.2. The maximum atomic E-state index is 14.5. The Balaban J connectivity index is 1.47. The summed E-state index contributed by atoms with van der Waals surface area (Å²) in [5.41, 5.74) is 1.86. The Labute approximate surface area is 146 Å². The molecule has 0 radical (unpaired) electrons. The zero-order valence-electron chi connectivity index (χ0n) is 15.0. The highest BCUT2D eigenvalue weighted by atomic mass is 19.1. The smallest absolute Gasteiger partial charge is 0.168 e. The largest absolute Gasteiger partial charge is 0.490 e. The molecule has 2 fully saturated rings. The van der Waals surface area contributed by atoms with Crippen molar-refractivity contribution in [2.45, 2.75) is 71.1 Å². The lowest BCUT2D eigenvalue weighted by molar-refractivity contribution is 0.267. The minimum absolute atomic E-state index is 0.165. The average Bonchev–Trinajstić information content (AvgIpc) is 3.04. The summed E-state index contributed by atoms with van der Waals surface area (Å²) in [6.07, 6.45) is 17.0. The van der Waals surface area contributed by atoms with E-state index in [1.54, 1.807) is 0 Å². The van der Waals surface area contributed by atoms with Crippen LogP contribution in [-0.4, -0.2) is 6.61 Å². The van der Waals surface area contributed by atoms with Gasteiger partial charge in [-0.25, -0.2) is 4.39 Å². The van der Waals surface area contributed by atoms with Crippen molar-refractivity contribution < 1.29 is 9.13 Å². The molecule has 2 aliphatic rings. The van der Waals surface area contributed by atoms with Crippen LogP contribution < -0.4 is 4.74 Å². The molecule has 2 heteroatoms. The van der Waals surface area contributed by atoms with Crippen molar-refractivity contribution in [3.05, 3.63) is 41.2 Å². The molecule has 0 spiro atoms. The van der Waals surface area contributed by atoms with Gasteiger partial charge in [0, 0.05) is 0 Å². The van der Waals surface area contributed by atoms with Crippen LogP contribution in [0.25, 0.3) is 0 Å². The van der Waals surface area contributed by atoms with Crippen molar-refractivity contribution in [2.75, 3.05) is 6.61 Å². The van der Waals surface area contributed by atoms with Crippen LogP contribution in [0.2, 0.25) is 0 Å². The third-order valence-corrected chi connectivity index (χ3v) is 5.86. The van der Waals surface area contributed by atoms with Gasteiger partial charge in [-0.15, -0.1) is 0 Å². The fourth-order valence-corrected chi connectivity index (χ4v) is 3.88. The number of ether oxygens (including phenoxy) is 1. The molecule has 0 N–H and O–H groups in total. The van der Waals surface area contributed by atoms with Gasteiger partial charge in [0.25, 0.3) is 0 Å². The van der Waals surface area contributed by atoms with Gasteiger partial charge in [0.05, 0.1) is 6.61 Å². The first kappa shape index (κ1) is 17.5. The second-order valence-electron chi connectivity index (χ2n) is 7.61. The van der Waals surface area contributed by atoms with Crippen molar-refractivity contribution in [3.63, 3.8) is 0 Å². The third kappa shape index (κ3) is 4.62. The standard InChI is InChI=1S/C22H31FO/c1-17-20(12-5-4-7-18-10-6-11-18)13-14-21(22(17)23)24-16-15-19-8-2-3-9-19/h4,7,13-14,18-19H,2-3,5-6,8-12,15-16H2,1H3/b7-4+. The molecule has 0 bridgehead atoms. The van der Waals surface area contributed by atoms with E-state index in [1.165, 1.54) is 44.9 Å². The van der Waals surface area contributed by atoms with Crippen LogP contribution >= 0.6 is 0 Å². The molecule has 0 saturated heterocycles. The first-order valence-corrected chi connectivity index (χ1v) is 9.81. The lowest BCUT2D eigenvalue weighted by Gasteiger charge is -2.21. The average molecular weight is 330 g/mol. The summed E-state index contributed by atoms with van der Waals surface area (Å²) in [6.45, 7) is 2.52. The van der Waals surface area contributed by atoms with Gasteiger partial charge >= 0.3 is 0 Å².